The van der Waals surface area contributed by atoms with Crippen LogP contribution in [0.2, 0.25) is 0 Å². The Morgan fingerprint density at radius 2 is 2.18 bits per heavy atom. The van der Waals surface area contributed by atoms with Crippen molar-refractivity contribution >= 4 is 16.9 Å². The van der Waals surface area contributed by atoms with Crippen LogP contribution in [0.3, 0.4) is 0 Å². The summed E-state index contributed by atoms with van der Waals surface area (Å²) >= 11 is 0. The van der Waals surface area contributed by atoms with Gasteiger partial charge in [-0.15, -0.1) is 0 Å². The second kappa shape index (κ2) is 4.88. The van der Waals surface area contributed by atoms with Crippen LogP contribution in [0.25, 0.3) is 11.1 Å². The van der Waals surface area contributed by atoms with Gasteiger partial charge in [-0.05, 0) is 12.8 Å². The van der Waals surface area contributed by atoms with Crippen molar-refractivity contribution in [2.75, 3.05) is 18.5 Å². The van der Waals surface area contributed by atoms with E-state index in [1.165, 1.54) is 12.6 Å². The van der Waals surface area contributed by atoms with E-state index in [4.69, 9.17) is 9.15 Å². The summed E-state index contributed by atoms with van der Waals surface area (Å²) in [6, 6.07) is 0.397. The smallest absolute Gasteiger partial charge is 0.194 e. The molecule has 1 aliphatic heterocycles. The number of fused-ring (bicyclic) bond motifs is 1. The van der Waals surface area contributed by atoms with E-state index in [9.17, 15) is 15.3 Å². The molecule has 22 heavy (non-hydrogen) atoms. The normalized spacial score (nSPS) is 31.8. The first-order chi connectivity index (χ1) is 10.6. The van der Waals surface area contributed by atoms with E-state index in [1.807, 2.05) is 0 Å². The number of nitrogens with one attached hydrogen (secondary N) is 1. The van der Waals surface area contributed by atoms with Gasteiger partial charge in [-0.25, -0.2) is 9.97 Å². The van der Waals surface area contributed by atoms with E-state index in [0.717, 1.165) is 12.8 Å². The van der Waals surface area contributed by atoms with Gasteiger partial charge in [0.2, 0.25) is 0 Å². The molecule has 0 amide bonds. The van der Waals surface area contributed by atoms with Crippen molar-refractivity contribution in [3.8, 4) is 0 Å². The molecule has 1 saturated carbocycles. The Morgan fingerprint density at radius 1 is 1.36 bits per heavy atom. The van der Waals surface area contributed by atoms with Crippen molar-refractivity contribution in [1.82, 2.24) is 9.97 Å². The van der Waals surface area contributed by atoms with Gasteiger partial charge in [-0.1, -0.05) is 0 Å². The third kappa shape index (κ3) is 1.99. The predicted molar refractivity (Wildman–Crippen MR) is 75.2 cm³/mol. The molecular formula is C14H17N3O5. The van der Waals surface area contributed by atoms with Crippen LogP contribution in [-0.2, 0) is 10.3 Å². The Labute approximate surface area is 125 Å². The lowest BCUT2D eigenvalue weighted by atomic mass is 9.89. The topological polar surface area (TPSA) is 121 Å². The molecule has 0 radical (unpaired) electrons. The number of aliphatic hydroxyl groups excluding tert-OH is 2. The zero-order valence-corrected chi connectivity index (χ0v) is 11.8. The number of aliphatic hydroxyl groups is 3. The van der Waals surface area contributed by atoms with Crippen molar-refractivity contribution in [3.63, 3.8) is 0 Å². The third-order valence-electron chi connectivity index (χ3n) is 4.28. The van der Waals surface area contributed by atoms with Crippen LogP contribution in [0.5, 0.6) is 0 Å². The molecule has 8 nitrogen and oxygen atoms in total. The highest BCUT2D eigenvalue weighted by Crippen LogP contribution is 2.39. The van der Waals surface area contributed by atoms with Crippen molar-refractivity contribution < 1.29 is 24.5 Å². The van der Waals surface area contributed by atoms with Crippen LogP contribution < -0.4 is 5.32 Å². The average molecular weight is 307 g/mol. The van der Waals surface area contributed by atoms with Crippen LogP contribution in [-0.4, -0.2) is 56.8 Å². The Bertz CT molecular complexity index is 701. The quantitative estimate of drug-likeness (QED) is 0.609. The second-order valence-electron chi connectivity index (χ2n) is 5.87. The number of hydrogen-bond donors (Lipinski definition) is 4. The van der Waals surface area contributed by atoms with Gasteiger partial charge in [-0.3, -0.25) is 0 Å². The van der Waals surface area contributed by atoms with E-state index >= 15 is 0 Å². The zero-order chi connectivity index (χ0) is 15.3. The van der Waals surface area contributed by atoms with Crippen molar-refractivity contribution in [1.29, 1.82) is 0 Å². The van der Waals surface area contributed by atoms with Gasteiger partial charge in [0.1, 0.15) is 29.7 Å². The maximum atomic E-state index is 10.8. The van der Waals surface area contributed by atoms with Crippen molar-refractivity contribution in [2.45, 2.75) is 36.7 Å². The number of furan rings is 1. The molecule has 4 N–H and O–H groups in total. The highest BCUT2D eigenvalue weighted by molar-refractivity contribution is 5.86. The third-order valence-corrected chi connectivity index (χ3v) is 4.28. The van der Waals surface area contributed by atoms with Gasteiger partial charge in [0, 0.05) is 6.04 Å². The van der Waals surface area contributed by atoms with E-state index in [1.54, 1.807) is 0 Å². The summed E-state index contributed by atoms with van der Waals surface area (Å²) in [6.07, 6.45) is 2.85. The van der Waals surface area contributed by atoms with Crippen molar-refractivity contribution in [2.24, 2.45) is 0 Å². The first kappa shape index (κ1) is 13.9. The molecule has 0 bridgehead atoms. The fourth-order valence-electron chi connectivity index (χ4n) is 2.79. The number of anilines is 1. The molecule has 0 unspecified atom stereocenters. The van der Waals surface area contributed by atoms with Crippen LogP contribution in [0.15, 0.2) is 17.0 Å². The lowest BCUT2D eigenvalue weighted by Gasteiger charge is -2.24. The molecule has 1 saturated heterocycles. The molecule has 2 aromatic rings. The molecular weight excluding hydrogens is 290 g/mol. The second-order valence-corrected chi connectivity index (χ2v) is 5.87. The molecule has 2 aromatic heterocycles. The highest BCUT2D eigenvalue weighted by Gasteiger charge is 2.51. The fourth-order valence-corrected chi connectivity index (χ4v) is 2.79. The average Bonchev–Trinajstić information content (AvgIpc) is 3.14. The summed E-state index contributed by atoms with van der Waals surface area (Å²) in [6.45, 7) is -0.508. The molecule has 118 valence electrons. The molecule has 8 heteroatoms. The maximum Gasteiger partial charge on any atom is 0.194 e. The highest BCUT2D eigenvalue weighted by atomic mass is 16.5. The Kier molecular flexibility index (Phi) is 3.08. The van der Waals surface area contributed by atoms with Crippen molar-refractivity contribution in [3.05, 3.63) is 18.2 Å². The van der Waals surface area contributed by atoms with Crippen LogP contribution >= 0.6 is 0 Å². The molecule has 3 heterocycles. The SMILES string of the molecule is OC[C@H]1OC[C@](O)(c2coc3c(NC4CC4)ncnc23)[C@@H]1O. The van der Waals surface area contributed by atoms with Gasteiger partial charge >= 0.3 is 0 Å². The van der Waals surface area contributed by atoms with Gasteiger partial charge in [0.05, 0.1) is 25.0 Å². The first-order valence-corrected chi connectivity index (χ1v) is 7.25. The molecule has 1 aliphatic carbocycles. The first-order valence-electron chi connectivity index (χ1n) is 7.25. The Balaban J connectivity index is 1.76. The van der Waals surface area contributed by atoms with Gasteiger partial charge in [0.15, 0.2) is 11.4 Å². The summed E-state index contributed by atoms with van der Waals surface area (Å²) in [4.78, 5) is 8.34. The molecule has 3 atom stereocenters. The zero-order valence-electron chi connectivity index (χ0n) is 11.8. The molecule has 0 aromatic carbocycles. The number of aromatic nitrogens is 2. The molecule has 4 rings (SSSR count). The van der Waals surface area contributed by atoms with E-state index < -0.39 is 17.8 Å². The summed E-state index contributed by atoms with van der Waals surface area (Å²) in [7, 11) is 0. The standard InChI is InChI=1S/C14H17N3O5/c18-3-9-12(19)14(20,5-22-9)8-4-21-11-10(8)15-6-16-13(11)17-7-1-2-7/h4,6-7,9,12,18-20H,1-3,5H2,(H,15,16,17)/t9-,12-,14+/m1/s1. The summed E-state index contributed by atoms with van der Waals surface area (Å²) in [5, 5.41) is 33.4. The Morgan fingerprint density at radius 3 is 2.86 bits per heavy atom. The summed E-state index contributed by atoms with van der Waals surface area (Å²) in [5.41, 5.74) is -0.448. The molecule has 0 spiro atoms. The predicted octanol–water partition coefficient (Wildman–Crippen LogP) is -0.263. The number of hydrogen-bond acceptors (Lipinski definition) is 8. The van der Waals surface area contributed by atoms with E-state index in [-0.39, 0.29) is 13.2 Å². The number of nitrogens with zero attached hydrogens (tertiary/aromatic N) is 2. The minimum absolute atomic E-state index is 0.135. The Hall–Kier alpha value is -1.74. The summed E-state index contributed by atoms with van der Waals surface area (Å²) < 4.78 is 10.8. The van der Waals surface area contributed by atoms with Crippen LogP contribution in [0, 0.1) is 0 Å². The lowest BCUT2D eigenvalue weighted by molar-refractivity contribution is -0.0592. The largest absolute Gasteiger partial charge is 0.458 e. The van der Waals surface area contributed by atoms with E-state index in [0.29, 0.717) is 28.5 Å². The molecule has 2 aliphatic rings. The van der Waals surface area contributed by atoms with Gasteiger partial charge in [0.25, 0.3) is 0 Å². The number of rotatable bonds is 4. The van der Waals surface area contributed by atoms with E-state index in [2.05, 4.69) is 15.3 Å². The minimum atomic E-state index is -1.66. The number of ether oxygens (including phenoxy) is 1. The fraction of sp³-hybridized carbons (Fsp3) is 0.571. The van der Waals surface area contributed by atoms with Crippen LogP contribution in [0.4, 0.5) is 5.82 Å². The molecule has 2 fully saturated rings. The van der Waals surface area contributed by atoms with Crippen LogP contribution in [0.1, 0.15) is 18.4 Å². The summed E-state index contributed by atoms with van der Waals surface area (Å²) in [5.74, 6) is 0.578. The van der Waals surface area contributed by atoms with Gasteiger partial charge in [-0.2, -0.15) is 0 Å². The monoisotopic (exact) mass is 307 g/mol. The lowest BCUT2D eigenvalue weighted by Crippen LogP contribution is -2.42. The minimum Gasteiger partial charge on any atom is -0.458 e. The maximum absolute atomic E-state index is 10.8. The van der Waals surface area contributed by atoms with Gasteiger partial charge < -0.3 is 29.8 Å².